The molecule has 0 amide bonds. The Balaban J connectivity index is 3.82. The first kappa shape index (κ1) is 10.2. The molecule has 0 unspecified atom stereocenters. The second kappa shape index (κ2) is 3.59. The molecule has 8 heteroatoms. The molecule has 64 valence electrons. The van der Waals surface area contributed by atoms with Crippen molar-refractivity contribution in [1.29, 1.82) is 0 Å². The minimum Gasteiger partial charge on any atom is -0.790 e. The van der Waals surface area contributed by atoms with E-state index in [1.54, 1.807) is 0 Å². The number of carboxylic acids is 1. The Morgan fingerprint density at radius 3 is 2.09 bits per heavy atom. The molecule has 0 bridgehead atoms. The first-order valence-electron chi connectivity index (χ1n) is 2.23. The van der Waals surface area contributed by atoms with Gasteiger partial charge in [0, 0.05) is 0 Å². The lowest BCUT2D eigenvalue weighted by atomic mass is 10.4. The Bertz CT molecular complexity index is 214. The van der Waals surface area contributed by atoms with E-state index in [2.05, 4.69) is 4.52 Å². The van der Waals surface area contributed by atoms with Gasteiger partial charge >= 0.3 is 0 Å². The summed E-state index contributed by atoms with van der Waals surface area (Å²) >= 11 is 0. The maximum Gasteiger partial charge on any atom is 0.204 e. The summed E-state index contributed by atoms with van der Waals surface area (Å²) in [6.07, 6.45) is 0. The van der Waals surface area contributed by atoms with Gasteiger partial charge in [-0.1, -0.05) is 0 Å². The highest BCUT2D eigenvalue weighted by Gasteiger charge is 2.02. The van der Waals surface area contributed by atoms with Crippen molar-refractivity contribution < 1.29 is 33.6 Å². The molecule has 0 aromatic carbocycles. The van der Waals surface area contributed by atoms with Crippen LogP contribution < -0.4 is 14.9 Å². The van der Waals surface area contributed by atoms with Crippen molar-refractivity contribution >= 4 is 19.6 Å². The summed E-state index contributed by atoms with van der Waals surface area (Å²) in [6, 6.07) is 0. The largest absolute Gasteiger partial charge is 0.790 e. The third kappa shape index (κ3) is 5.68. The average molecular weight is 181 g/mol. The monoisotopic (exact) mass is 181 g/mol. The Morgan fingerprint density at radius 1 is 1.36 bits per heavy atom. The van der Waals surface area contributed by atoms with Crippen LogP contribution in [0.5, 0.6) is 0 Å². The molecular formula is C3H2O7P-3. The minimum absolute atomic E-state index is 1.31. The number of hydrogen-bond donors (Lipinski definition) is 0. The Morgan fingerprint density at radius 2 is 1.82 bits per heavy atom. The van der Waals surface area contributed by atoms with E-state index in [-0.39, 0.29) is 0 Å². The van der Waals surface area contributed by atoms with E-state index < -0.39 is 26.2 Å². The third-order valence-electron chi connectivity index (χ3n) is 0.581. The number of phosphoric ester groups is 1. The maximum absolute atomic E-state index is 10.0. The van der Waals surface area contributed by atoms with E-state index in [9.17, 15) is 29.0 Å². The Kier molecular flexibility index (Phi) is 3.34. The zero-order chi connectivity index (χ0) is 9.07. The van der Waals surface area contributed by atoms with Crippen molar-refractivity contribution in [2.75, 3.05) is 6.61 Å². The van der Waals surface area contributed by atoms with Crippen LogP contribution in [0.3, 0.4) is 0 Å². The second-order valence-corrected chi connectivity index (χ2v) is 2.58. The van der Waals surface area contributed by atoms with Gasteiger partial charge in [-0.15, -0.1) is 0 Å². The van der Waals surface area contributed by atoms with E-state index in [0.717, 1.165) is 0 Å². The van der Waals surface area contributed by atoms with Crippen LogP contribution >= 0.6 is 7.82 Å². The number of phosphoric acid groups is 1. The van der Waals surface area contributed by atoms with Crippen LogP contribution in [-0.2, 0) is 18.7 Å². The van der Waals surface area contributed by atoms with Crippen LogP contribution in [0, 0.1) is 0 Å². The molecule has 11 heavy (non-hydrogen) atoms. The SMILES string of the molecule is O=C([O-])C(=O)COP(=O)([O-])[O-]. The molecule has 0 saturated heterocycles. The zero-order valence-electron chi connectivity index (χ0n) is 5.01. The number of carboxylic acid groups (broad SMARTS) is 1. The van der Waals surface area contributed by atoms with Crippen molar-refractivity contribution in [3.8, 4) is 0 Å². The number of carbonyl (C=O) groups excluding carboxylic acids is 2. The minimum atomic E-state index is -5.27. The lowest BCUT2D eigenvalue weighted by Crippen LogP contribution is -2.35. The number of carbonyl (C=O) groups is 2. The summed E-state index contributed by atoms with van der Waals surface area (Å²) in [6.45, 7) is -1.31. The van der Waals surface area contributed by atoms with Crippen LogP contribution in [-0.4, -0.2) is 18.4 Å². The van der Waals surface area contributed by atoms with Gasteiger partial charge in [-0.25, -0.2) is 0 Å². The number of ketones is 1. The fraction of sp³-hybridized carbons (Fsp3) is 0.333. The van der Waals surface area contributed by atoms with Gasteiger partial charge in [-0.2, -0.15) is 0 Å². The smallest absolute Gasteiger partial charge is 0.204 e. The highest BCUT2D eigenvalue weighted by Crippen LogP contribution is 2.23. The summed E-state index contributed by atoms with van der Waals surface area (Å²) in [5, 5.41) is 9.58. The van der Waals surface area contributed by atoms with Crippen molar-refractivity contribution in [1.82, 2.24) is 0 Å². The second-order valence-electron chi connectivity index (χ2n) is 1.43. The van der Waals surface area contributed by atoms with E-state index in [1.807, 2.05) is 0 Å². The van der Waals surface area contributed by atoms with E-state index >= 15 is 0 Å². The van der Waals surface area contributed by atoms with Crippen molar-refractivity contribution in [2.24, 2.45) is 0 Å². The highest BCUT2D eigenvalue weighted by atomic mass is 31.2. The topological polar surface area (TPSA) is 130 Å². The zero-order valence-corrected chi connectivity index (χ0v) is 5.91. The van der Waals surface area contributed by atoms with Gasteiger partial charge in [0.15, 0.2) is 0 Å². The molecule has 0 N–H and O–H groups in total. The molecular weight excluding hydrogens is 179 g/mol. The van der Waals surface area contributed by atoms with Crippen molar-refractivity contribution in [2.45, 2.75) is 0 Å². The summed E-state index contributed by atoms with van der Waals surface area (Å²) in [5.41, 5.74) is 0. The number of aliphatic carboxylic acids is 1. The lowest BCUT2D eigenvalue weighted by Gasteiger charge is -2.27. The molecule has 0 radical (unpaired) electrons. The van der Waals surface area contributed by atoms with E-state index in [1.165, 1.54) is 0 Å². The quantitative estimate of drug-likeness (QED) is 0.320. The molecule has 0 heterocycles. The van der Waals surface area contributed by atoms with E-state index in [4.69, 9.17) is 0 Å². The molecule has 0 spiro atoms. The van der Waals surface area contributed by atoms with Gasteiger partial charge in [0.2, 0.25) is 5.78 Å². The van der Waals surface area contributed by atoms with Crippen LogP contribution in [0.15, 0.2) is 0 Å². The number of rotatable bonds is 4. The van der Waals surface area contributed by atoms with Gasteiger partial charge in [0.25, 0.3) is 0 Å². The maximum atomic E-state index is 10.0. The highest BCUT2D eigenvalue weighted by molar-refractivity contribution is 7.43. The summed E-state index contributed by atoms with van der Waals surface area (Å²) in [5.74, 6) is -3.70. The molecule has 0 aliphatic heterocycles. The number of hydrogen-bond acceptors (Lipinski definition) is 7. The molecule has 0 saturated carbocycles. The predicted octanol–water partition coefficient (Wildman–Crippen LogP) is -3.85. The average Bonchev–Trinajstić information content (AvgIpc) is 1.80. The first-order chi connectivity index (χ1) is 4.83. The summed E-state index contributed by atoms with van der Waals surface area (Å²) in [7, 11) is -5.27. The van der Waals surface area contributed by atoms with Crippen LogP contribution in [0.25, 0.3) is 0 Å². The predicted molar refractivity (Wildman–Crippen MR) is 23.6 cm³/mol. The lowest BCUT2D eigenvalue weighted by molar-refractivity contribution is -0.341. The van der Waals surface area contributed by atoms with E-state index in [0.29, 0.717) is 0 Å². The van der Waals surface area contributed by atoms with Crippen LogP contribution in [0.2, 0.25) is 0 Å². The molecule has 0 aromatic heterocycles. The molecule has 0 aromatic rings. The van der Waals surface area contributed by atoms with Crippen molar-refractivity contribution in [3.05, 3.63) is 0 Å². The fourth-order valence-electron chi connectivity index (χ4n) is 0.197. The molecule has 0 atom stereocenters. The van der Waals surface area contributed by atoms with Crippen LogP contribution in [0.1, 0.15) is 0 Å². The molecule has 0 fully saturated rings. The normalized spacial score (nSPS) is 11.1. The van der Waals surface area contributed by atoms with Crippen molar-refractivity contribution in [3.63, 3.8) is 0 Å². The van der Waals surface area contributed by atoms with Gasteiger partial charge in [-0.05, 0) is 0 Å². The molecule has 0 aliphatic rings. The standard InChI is InChI=1S/C3H5O7P/c4-2(3(5)6)1-10-11(7,8)9/h1H2,(H,5,6)(H2,7,8,9)/p-3. The molecule has 7 nitrogen and oxygen atoms in total. The summed E-state index contributed by atoms with van der Waals surface area (Å²) in [4.78, 5) is 38.9. The summed E-state index contributed by atoms with van der Waals surface area (Å²) < 4.78 is 13.0. The van der Waals surface area contributed by atoms with Gasteiger partial charge in [0.05, 0.1) is 7.82 Å². The number of Topliss-reactive ketones (excluding diaryl/α,β-unsaturated/α-hetero) is 1. The molecule has 0 rings (SSSR count). The van der Waals surface area contributed by atoms with Gasteiger partial charge in [0.1, 0.15) is 12.6 Å². The Labute approximate surface area is 60.8 Å². The van der Waals surface area contributed by atoms with Crippen LogP contribution in [0.4, 0.5) is 0 Å². The first-order valence-corrected chi connectivity index (χ1v) is 3.70. The third-order valence-corrected chi connectivity index (χ3v) is 1.03. The van der Waals surface area contributed by atoms with Gasteiger partial charge < -0.3 is 28.8 Å². The fourth-order valence-corrected chi connectivity index (χ4v) is 0.472. The molecule has 0 aliphatic carbocycles. The Hall–Kier alpha value is -0.750. The van der Waals surface area contributed by atoms with Gasteiger partial charge in [-0.3, -0.25) is 4.79 Å².